The lowest BCUT2D eigenvalue weighted by atomic mass is 10.2. The summed E-state index contributed by atoms with van der Waals surface area (Å²) in [5.74, 6) is -1.27. The Labute approximate surface area is 98.2 Å². The molecule has 17 heavy (non-hydrogen) atoms. The standard InChI is InChI=1S/C11H13N3O3/c1-6-3-8(5-13-10(6)12)4-9(11(16)17)14-7(2)15/h3-5H,1-2H3,(H2,12,13)(H,14,15)(H,16,17)/b9-4+. The molecule has 0 spiro atoms. The molecule has 0 aliphatic rings. The number of nitrogens with one attached hydrogen (secondary N) is 1. The number of nitrogens with zero attached hydrogens (tertiary/aromatic N) is 1. The molecule has 0 saturated carbocycles. The zero-order valence-electron chi connectivity index (χ0n) is 9.52. The Morgan fingerprint density at radius 1 is 1.53 bits per heavy atom. The molecule has 1 rings (SSSR count). The molecule has 1 amide bonds. The topological polar surface area (TPSA) is 105 Å². The summed E-state index contributed by atoms with van der Waals surface area (Å²) in [6.07, 6.45) is 2.76. The van der Waals surface area contributed by atoms with E-state index in [0.29, 0.717) is 11.4 Å². The normalized spacial score (nSPS) is 11.1. The van der Waals surface area contributed by atoms with Crippen molar-refractivity contribution in [1.29, 1.82) is 0 Å². The lowest BCUT2D eigenvalue weighted by Crippen LogP contribution is -2.24. The molecule has 0 fully saturated rings. The summed E-state index contributed by atoms with van der Waals surface area (Å²) in [6, 6.07) is 1.69. The van der Waals surface area contributed by atoms with Crippen LogP contribution in [0.2, 0.25) is 0 Å². The van der Waals surface area contributed by atoms with Crippen molar-refractivity contribution in [3.63, 3.8) is 0 Å². The van der Waals surface area contributed by atoms with Gasteiger partial charge in [-0.2, -0.15) is 0 Å². The Bertz CT molecular complexity index is 495. The van der Waals surface area contributed by atoms with Gasteiger partial charge in [0.25, 0.3) is 0 Å². The van der Waals surface area contributed by atoms with E-state index in [4.69, 9.17) is 10.8 Å². The van der Waals surface area contributed by atoms with Crippen molar-refractivity contribution in [2.75, 3.05) is 5.73 Å². The summed E-state index contributed by atoms with van der Waals surface area (Å²) < 4.78 is 0. The van der Waals surface area contributed by atoms with Gasteiger partial charge in [-0.3, -0.25) is 4.79 Å². The minimum atomic E-state index is -1.21. The summed E-state index contributed by atoms with van der Waals surface area (Å²) >= 11 is 0. The van der Waals surface area contributed by atoms with Gasteiger partial charge in [-0.05, 0) is 30.2 Å². The number of aliphatic carboxylic acids is 1. The molecule has 0 aliphatic heterocycles. The van der Waals surface area contributed by atoms with Crippen molar-refractivity contribution >= 4 is 23.8 Å². The van der Waals surface area contributed by atoms with Crippen LogP contribution in [0.15, 0.2) is 18.0 Å². The first-order chi connectivity index (χ1) is 7.90. The Kier molecular flexibility index (Phi) is 3.82. The second-order valence-electron chi connectivity index (χ2n) is 3.52. The van der Waals surface area contributed by atoms with Gasteiger partial charge in [0.2, 0.25) is 5.91 Å². The van der Waals surface area contributed by atoms with Crippen LogP contribution in [-0.4, -0.2) is 22.0 Å². The highest BCUT2D eigenvalue weighted by atomic mass is 16.4. The summed E-state index contributed by atoms with van der Waals surface area (Å²) in [7, 11) is 0. The van der Waals surface area contributed by atoms with Gasteiger partial charge in [-0.25, -0.2) is 9.78 Å². The molecular weight excluding hydrogens is 222 g/mol. The summed E-state index contributed by atoms with van der Waals surface area (Å²) in [5.41, 5.74) is 6.64. The highest BCUT2D eigenvalue weighted by Crippen LogP contribution is 2.11. The molecule has 0 atom stereocenters. The Balaban J connectivity index is 3.08. The third-order valence-corrected chi connectivity index (χ3v) is 1.99. The highest BCUT2D eigenvalue weighted by Gasteiger charge is 2.09. The van der Waals surface area contributed by atoms with Crippen LogP contribution < -0.4 is 11.1 Å². The fourth-order valence-corrected chi connectivity index (χ4v) is 1.19. The van der Waals surface area contributed by atoms with Crippen molar-refractivity contribution in [2.45, 2.75) is 13.8 Å². The number of carbonyl (C=O) groups is 2. The zero-order chi connectivity index (χ0) is 13.0. The van der Waals surface area contributed by atoms with Crippen molar-refractivity contribution in [3.05, 3.63) is 29.1 Å². The lowest BCUT2D eigenvalue weighted by molar-refractivity contribution is -0.134. The van der Waals surface area contributed by atoms with E-state index in [1.807, 2.05) is 0 Å². The molecule has 0 bridgehead atoms. The summed E-state index contributed by atoms with van der Waals surface area (Å²) in [5, 5.41) is 11.1. The van der Waals surface area contributed by atoms with Crippen LogP contribution >= 0.6 is 0 Å². The number of aromatic nitrogens is 1. The number of carboxylic acid groups (broad SMARTS) is 1. The van der Waals surface area contributed by atoms with Crippen LogP contribution in [0.25, 0.3) is 6.08 Å². The Morgan fingerprint density at radius 2 is 2.18 bits per heavy atom. The Morgan fingerprint density at radius 3 is 2.65 bits per heavy atom. The molecule has 1 aromatic rings. The maximum Gasteiger partial charge on any atom is 0.352 e. The van der Waals surface area contributed by atoms with Gasteiger partial charge in [0.15, 0.2) is 0 Å². The number of amides is 1. The van der Waals surface area contributed by atoms with Crippen LogP contribution in [0.5, 0.6) is 0 Å². The molecule has 4 N–H and O–H groups in total. The lowest BCUT2D eigenvalue weighted by Gasteiger charge is -2.04. The number of pyridine rings is 1. The van der Waals surface area contributed by atoms with E-state index < -0.39 is 11.9 Å². The van der Waals surface area contributed by atoms with Crippen LogP contribution in [0, 0.1) is 6.92 Å². The minimum absolute atomic E-state index is 0.205. The molecular formula is C11H13N3O3. The average molecular weight is 235 g/mol. The third-order valence-electron chi connectivity index (χ3n) is 1.99. The summed E-state index contributed by atoms with van der Waals surface area (Å²) in [4.78, 5) is 25.6. The number of rotatable bonds is 3. The first-order valence-electron chi connectivity index (χ1n) is 4.85. The molecule has 1 aromatic heterocycles. The number of nitrogens with two attached hydrogens (primary N) is 1. The molecule has 0 unspecified atom stereocenters. The van der Waals surface area contributed by atoms with Gasteiger partial charge in [0.1, 0.15) is 11.5 Å². The average Bonchev–Trinajstić information content (AvgIpc) is 2.21. The first-order valence-corrected chi connectivity index (χ1v) is 4.85. The molecule has 90 valence electrons. The maximum atomic E-state index is 10.9. The fourth-order valence-electron chi connectivity index (χ4n) is 1.19. The van der Waals surface area contributed by atoms with Crippen LogP contribution in [-0.2, 0) is 9.59 Å². The maximum absolute atomic E-state index is 10.9. The van der Waals surface area contributed by atoms with Gasteiger partial charge < -0.3 is 16.2 Å². The number of nitrogen functional groups attached to an aromatic ring is 1. The molecule has 0 aliphatic carbocycles. The number of carboxylic acids is 1. The predicted molar refractivity (Wildman–Crippen MR) is 62.8 cm³/mol. The van der Waals surface area contributed by atoms with Crippen molar-refractivity contribution < 1.29 is 14.7 Å². The SMILES string of the molecule is CC(=O)N/C(=C/c1cnc(N)c(C)c1)C(=O)O. The van der Waals surface area contributed by atoms with E-state index in [9.17, 15) is 9.59 Å². The molecule has 0 aromatic carbocycles. The quantitative estimate of drug-likeness (QED) is 0.663. The van der Waals surface area contributed by atoms with Gasteiger partial charge in [-0.1, -0.05) is 0 Å². The molecule has 1 heterocycles. The highest BCUT2D eigenvalue weighted by molar-refractivity contribution is 5.96. The molecule has 6 heteroatoms. The largest absolute Gasteiger partial charge is 0.477 e. The molecule has 6 nitrogen and oxygen atoms in total. The fraction of sp³-hybridized carbons (Fsp3) is 0.182. The van der Waals surface area contributed by atoms with Crippen molar-refractivity contribution in [2.24, 2.45) is 0 Å². The van der Waals surface area contributed by atoms with Gasteiger partial charge in [0.05, 0.1) is 0 Å². The smallest absolute Gasteiger partial charge is 0.352 e. The number of anilines is 1. The van der Waals surface area contributed by atoms with Crippen molar-refractivity contribution in [1.82, 2.24) is 10.3 Å². The first kappa shape index (κ1) is 12.7. The monoisotopic (exact) mass is 235 g/mol. The van der Waals surface area contributed by atoms with E-state index in [1.165, 1.54) is 19.2 Å². The van der Waals surface area contributed by atoms with Gasteiger partial charge in [-0.15, -0.1) is 0 Å². The van der Waals surface area contributed by atoms with E-state index in [1.54, 1.807) is 13.0 Å². The molecule has 0 saturated heterocycles. The molecule has 0 radical (unpaired) electrons. The van der Waals surface area contributed by atoms with E-state index >= 15 is 0 Å². The van der Waals surface area contributed by atoms with E-state index in [-0.39, 0.29) is 5.70 Å². The van der Waals surface area contributed by atoms with E-state index in [2.05, 4.69) is 10.3 Å². The second kappa shape index (κ2) is 5.11. The second-order valence-corrected chi connectivity index (χ2v) is 3.52. The van der Waals surface area contributed by atoms with Crippen LogP contribution in [0.4, 0.5) is 5.82 Å². The number of hydrogen-bond acceptors (Lipinski definition) is 4. The Hall–Kier alpha value is -2.37. The predicted octanol–water partition coefficient (Wildman–Crippen LogP) is 0.534. The van der Waals surface area contributed by atoms with Crippen LogP contribution in [0.3, 0.4) is 0 Å². The van der Waals surface area contributed by atoms with Crippen LogP contribution in [0.1, 0.15) is 18.1 Å². The van der Waals surface area contributed by atoms with Gasteiger partial charge >= 0.3 is 5.97 Å². The van der Waals surface area contributed by atoms with Crippen molar-refractivity contribution in [3.8, 4) is 0 Å². The number of carbonyl (C=O) groups excluding carboxylic acids is 1. The van der Waals surface area contributed by atoms with Gasteiger partial charge in [0, 0.05) is 13.1 Å². The third kappa shape index (κ3) is 3.60. The zero-order valence-corrected chi connectivity index (χ0v) is 9.52. The minimum Gasteiger partial charge on any atom is -0.477 e. The summed E-state index contributed by atoms with van der Waals surface area (Å²) in [6.45, 7) is 3.00. The number of aryl methyl sites for hydroxylation is 1. The number of hydrogen-bond donors (Lipinski definition) is 3. The van der Waals surface area contributed by atoms with E-state index in [0.717, 1.165) is 5.56 Å².